The van der Waals surface area contributed by atoms with Gasteiger partial charge in [0.05, 0.1) is 14.1 Å². The summed E-state index contributed by atoms with van der Waals surface area (Å²) in [6.45, 7) is 4.62. The van der Waals surface area contributed by atoms with Gasteiger partial charge in [-0.25, -0.2) is 0 Å². The maximum Gasteiger partial charge on any atom is 0.123 e. The van der Waals surface area contributed by atoms with Gasteiger partial charge in [-0.1, -0.05) is 237 Å². The Morgan fingerprint density at radius 2 is 0.596 bits per heavy atom. The van der Waals surface area contributed by atoms with Crippen LogP contribution < -0.4 is 21.9 Å². The molecule has 0 aliphatic rings. The lowest BCUT2D eigenvalue weighted by molar-refractivity contribution is -0.925. The van der Waals surface area contributed by atoms with Gasteiger partial charge in [-0.05, 0) is 12.8 Å². The first-order valence-electron chi connectivity index (χ1n) is 21.5. The SMILES string of the molecule is CCCCCCCCCCCCCCCCCCC(CCCCCCCCCCCCCCCCCC)(c1ccccc1)[NH+](C)C.[Br-]. The van der Waals surface area contributed by atoms with E-state index in [1.165, 1.54) is 218 Å². The number of unbranched alkanes of at least 4 members (excludes halogenated alkanes) is 30. The van der Waals surface area contributed by atoms with Gasteiger partial charge in [-0.15, -0.1) is 0 Å². The summed E-state index contributed by atoms with van der Waals surface area (Å²) in [5.74, 6) is 0. The fraction of sp³-hybridized carbons (Fsp3) is 0.867. The summed E-state index contributed by atoms with van der Waals surface area (Å²) < 4.78 is 0. The molecule has 0 aliphatic carbocycles. The maximum absolute atomic E-state index is 2.42. The third kappa shape index (κ3) is 26.2. The van der Waals surface area contributed by atoms with Crippen LogP contribution in [-0.4, -0.2) is 14.1 Å². The van der Waals surface area contributed by atoms with E-state index in [1.807, 2.05) is 0 Å². The fourth-order valence-electron chi connectivity index (χ4n) is 7.91. The predicted octanol–water partition coefficient (Wildman–Crippen LogP) is 11.3. The summed E-state index contributed by atoms with van der Waals surface area (Å²) in [6, 6.07) is 11.6. The molecule has 0 saturated heterocycles. The molecule has 278 valence electrons. The standard InChI is InChI=1S/C45H85N.BrH/c1-5-7-9-11-13-15-17-19-21-23-25-27-29-31-33-38-42-45(46(3)4,44-40-36-35-37-41-44)43-39-34-32-30-28-26-24-22-20-18-16-14-12-10-8-6-2;/h35-37,40-41H,5-34,38-39,42-43H2,1-4H3;1H. The Bertz CT molecular complexity index is 680. The van der Waals surface area contributed by atoms with Crippen LogP contribution in [0.25, 0.3) is 0 Å². The Morgan fingerprint density at radius 3 is 0.830 bits per heavy atom. The first kappa shape index (κ1) is 46.7. The van der Waals surface area contributed by atoms with E-state index in [0.717, 1.165) is 0 Å². The summed E-state index contributed by atoms with van der Waals surface area (Å²) in [5, 5.41) is 0. The van der Waals surface area contributed by atoms with Gasteiger partial charge in [0.1, 0.15) is 5.54 Å². The highest BCUT2D eigenvalue weighted by molar-refractivity contribution is 5.22. The second kappa shape index (κ2) is 35.5. The molecule has 0 saturated carbocycles. The van der Waals surface area contributed by atoms with Crippen LogP contribution in [-0.2, 0) is 5.54 Å². The molecular formula is C45H86BrN. The topological polar surface area (TPSA) is 4.44 Å². The summed E-state index contributed by atoms with van der Waals surface area (Å²) in [6.07, 6.45) is 49.0. The van der Waals surface area contributed by atoms with E-state index in [2.05, 4.69) is 58.3 Å². The molecule has 0 aromatic heterocycles. The van der Waals surface area contributed by atoms with E-state index in [-0.39, 0.29) is 22.5 Å². The maximum atomic E-state index is 2.42. The number of halogens is 1. The minimum absolute atomic E-state index is 0. The molecule has 0 bridgehead atoms. The zero-order valence-corrected chi connectivity index (χ0v) is 34.4. The summed E-state index contributed by atoms with van der Waals surface area (Å²) >= 11 is 0. The van der Waals surface area contributed by atoms with Gasteiger partial charge in [0.15, 0.2) is 0 Å². The van der Waals surface area contributed by atoms with Gasteiger partial charge in [-0.2, -0.15) is 0 Å². The van der Waals surface area contributed by atoms with Crippen LogP contribution in [0.1, 0.15) is 238 Å². The van der Waals surface area contributed by atoms with E-state index in [1.54, 1.807) is 10.5 Å². The van der Waals surface area contributed by atoms with Crippen LogP contribution >= 0.6 is 0 Å². The molecule has 2 heteroatoms. The lowest BCUT2D eigenvalue weighted by atomic mass is 9.79. The van der Waals surface area contributed by atoms with Crippen molar-refractivity contribution in [2.45, 2.75) is 238 Å². The Labute approximate surface area is 308 Å². The Kier molecular flexibility index (Phi) is 35.2. The first-order chi connectivity index (χ1) is 22.7. The van der Waals surface area contributed by atoms with Gasteiger partial charge in [0.2, 0.25) is 0 Å². The van der Waals surface area contributed by atoms with Gasteiger partial charge < -0.3 is 21.9 Å². The highest BCUT2D eigenvalue weighted by Gasteiger charge is 2.37. The normalized spacial score (nSPS) is 11.8. The third-order valence-electron chi connectivity index (χ3n) is 11.2. The molecule has 0 fully saturated rings. The largest absolute Gasteiger partial charge is 1.00 e. The lowest BCUT2D eigenvalue weighted by Gasteiger charge is -2.38. The molecule has 0 radical (unpaired) electrons. The number of rotatable bonds is 36. The van der Waals surface area contributed by atoms with Crippen molar-refractivity contribution in [1.82, 2.24) is 0 Å². The Hall–Kier alpha value is -0.340. The highest BCUT2D eigenvalue weighted by atomic mass is 79.9. The van der Waals surface area contributed by atoms with Crippen LogP contribution in [0.2, 0.25) is 0 Å². The van der Waals surface area contributed by atoms with Crippen LogP contribution in [0.15, 0.2) is 30.3 Å². The van der Waals surface area contributed by atoms with Crippen molar-refractivity contribution in [3.05, 3.63) is 35.9 Å². The van der Waals surface area contributed by atoms with Crippen molar-refractivity contribution in [3.63, 3.8) is 0 Å². The Balaban J connectivity index is 0.0000212. The van der Waals surface area contributed by atoms with E-state index in [9.17, 15) is 0 Å². The predicted molar refractivity (Wildman–Crippen MR) is 209 cm³/mol. The van der Waals surface area contributed by atoms with E-state index >= 15 is 0 Å². The molecule has 0 aliphatic heterocycles. The molecule has 1 aromatic rings. The van der Waals surface area contributed by atoms with E-state index in [4.69, 9.17) is 0 Å². The monoisotopic (exact) mass is 720 g/mol. The molecule has 47 heavy (non-hydrogen) atoms. The summed E-state index contributed by atoms with van der Waals surface area (Å²) in [5.41, 5.74) is 1.87. The van der Waals surface area contributed by atoms with Crippen molar-refractivity contribution in [1.29, 1.82) is 0 Å². The van der Waals surface area contributed by atoms with Crippen LogP contribution in [0.4, 0.5) is 0 Å². The molecule has 0 atom stereocenters. The molecule has 1 aromatic carbocycles. The second-order valence-electron chi connectivity index (χ2n) is 15.6. The van der Waals surface area contributed by atoms with Gasteiger partial charge >= 0.3 is 0 Å². The molecule has 0 unspecified atom stereocenters. The molecule has 0 spiro atoms. The molecule has 1 rings (SSSR count). The fourth-order valence-corrected chi connectivity index (χ4v) is 7.91. The molecule has 0 amide bonds. The zero-order chi connectivity index (χ0) is 33.2. The summed E-state index contributed by atoms with van der Waals surface area (Å²) in [7, 11) is 4.85. The first-order valence-corrected chi connectivity index (χ1v) is 21.5. The number of nitrogens with one attached hydrogen (secondary N) is 1. The zero-order valence-electron chi connectivity index (χ0n) is 32.8. The van der Waals surface area contributed by atoms with Gasteiger partial charge in [0, 0.05) is 18.4 Å². The third-order valence-corrected chi connectivity index (χ3v) is 11.2. The van der Waals surface area contributed by atoms with E-state index < -0.39 is 0 Å². The Morgan fingerprint density at radius 1 is 0.362 bits per heavy atom. The van der Waals surface area contributed by atoms with Gasteiger partial charge in [-0.3, -0.25) is 0 Å². The lowest BCUT2D eigenvalue weighted by Crippen LogP contribution is -3.13. The van der Waals surface area contributed by atoms with Crippen molar-refractivity contribution in [2.75, 3.05) is 14.1 Å². The van der Waals surface area contributed by atoms with Crippen LogP contribution in [0.5, 0.6) is 0 Å². The molecule has 1 N–H and O–H groups in total. The molecule has 0 heterocycles. The quantitative estimate of drug-likeness (QED) is 0.0659. The number of hydrogen-bond acceptors (Lipinski definition) is 0. The van der Waals surface area contributed by atoms with Crippen molar-refractivity contribution < 1.29 is 21.9 Å². The van der Waals surface area contributed by atoms with E-state index in [0.29, 0.717) is 0 Å². The van der Waals surface area contributed by atoms with Crippen LogP contribution in [0.3, 0.4) is 0 Å². The molecule has 1 nitrogen and oxygen atoms in total. The second-order valence-corrected chi connectivity index (χ2v) is 15.6. The van der Waals surface area contributed by atoms with Gasteiger partial charge in [0.25, 0.3) is 0 Å². The van der Waals surface area contributed by atoms with Crippen molar-refractivity contribution in [2.24, 2.45) is 0 Å². The van der Waals surface area contributed by atoms with Crippen molar-refractivity contribution >= 4 is 0 Å². The van der Waals surface area contributed by atoms with Crippen molar-refractivity contribution in [3.8, 4) is 0 Å². The molecular weight excluding hydrogens is 634 g/mol. The number of quaternary nitrogens is 1. The summed E-state index contributed by atoms with van der Waals surface area (Å²) in [4.78, 5) is 1.64. The van der Waals surface area contributed by atoms with Crippen LogP contribution in [0, 0.1) is 0 Å². The smallest absolute Gasteiger partial charge is 0.123 e. The minimum atomic E-state index is 0. The average Bonchev–Trinajstić information content (AvgIpc) is 3.07. The minimum Gasteiger partial charge on any atom is -1.00 e. The number of hydrogen-bond donors (Lipinski definition) is 1. The highest BCUT2D eigenvalue weighted by Crippen LogP contribution is 2.31. The average molecular weight is 721 g/mol. The number of benzene rings is 1.